The van der Waals surface area contributed by atoms with Gasteiger partial charge in [-0.2, -0.15) is 0 Å². The Morgan fingerprint density at radius 2 is 1.71 bits per heavy atom. The average molecular weight is 286 g/mol. The number of aromatic nitrogens is 2. The highest BCUT2D eigenvalue weighted by Gasteiger charge is 2.35. The van der Waals surface area contributed by atoms with Gasteiger partial charge in [0.2, 0.25) is 0 Å². The first-order chi connectivity index (χ1) is 10.1. The Balaban J connectivity index is 2.35. The number of rotatable bonds is 6. The van der Waals surface area contributed by atoms with Crippen molar-refractivity contribution in [2.24, 2.45) is 5.92 Å². The van der Waals surface area contributed by atoms with E-state index in [2.05, 4.69) is 16.9 Å². The summed E-state index contributed by atoms with van der Waals surface area (Å²) in [6.45, 7) is 6.73. The predicted octanol–water partition coefficient (Wildman–Crippen LogP) is 3.16. The van der Waals surface area contributed by atoms with Crippen molar-refractivity contribution in [3.8, 4) is 5.75 Å². The molecule has 2 rings (SSSR count). The van der Waals surface area contributed by atoms with Crippen LogP contribution in [0, 0.1) is 5.92 Å². The van der Waals surface area contributed by atoms with Gasteiger partial charge in [0.15, 0.2) is 0 Å². The number of hydrogen-bond acceptors (Lipinski definition) is 4. The van der Waals surface area contributed by atoms with E-state index in [0.29, 0.717) is 12.2 Å². The van der Waals surface area contributed by atoms with Crippen LogP contribution in [0.15, 0.2) is 43.0 Å². The molecule has 1 unspecified atom stereocenters. The maximum atomic E-state index is 11.2. The van der Waals surface area contributed by atoms with Crippen LogP contribution in [-0.2, 0) is 5.60 Å². The van der Waals surface area contributed by atoms with Gasteiger partial charge in [0.25, 0.3) is 0 Å². The molecule has 0 aliphatic heterocycles. The summed E-state index contributed by atoms with van der Waals surface area (Å²) in [5, 5.41) is 11.2. The molecule has 0 spiro atoms. The van der Waals surface area contributed by atoms with Crippen molar-refractivity contribution in [1.82, 2.24) is 9.97 Å². The third-order valence-electron chi connectivity index (χ3n) is 3.60. The highest BCUT2D eigenvalue weighted by atomic mass is 16.5. The fraction of sp³-hybridized carbons (Fsp3) is 0.412. The molecule has 0 saturated carbocycles. The van der Waals surface area contributed by atoms with Crippen molar-refractivity contribution in [3.05, 3.63) is 54.1 Å². The molecule has 0 amide bonds. The van der Waals surface area contributed by atoms with E-state index < -0.39 is 5.60 Å². The fourth-order valence-corrected chi connectivity index (χ4v) is 2.35. The molecule has 1 aromatic heterocycles. The molecule has 0 saturated heterocycles. The van der Waals surface area contributed by atoms with E-state index in [9.17, 15) is 5.11 Å². The van der Waals surface area contributed by atoms with Crippen LogP contribution in [0.3, 0.4) is 0 Å². The number of ether oxygens (including phenoxy) is 1. The highest BCUT2D eigenvalue weighted by Crippen LogP contribution is 2.36. The third kappa shape index (κ3) is 3.22. The fourth-order valence-electron chi connectivity index (χ4n) is 2.35. The molecule has 1 N–H and O–H groups in total. The van der Waals surface area contributed by atoms with Crippen LogP contribution in [0.5, 0.6) is 5.75 Å². The van der Waals surface area contributed by atoms with E-state index in [4.69, 9.17) is 4.74 Å². The molecule has 1 heterocycles. The molecule has 21 heavy (non-hydrogen) atoms. The smallest absolute Gasteiger partial charge is 0.120 e. The lowest BCUT2D eigenvalue weighted by atomic mass is 9.79. The Kier molecular flexibility index (Phi) is 4.91. The van der Waals surface area contributed by atoms with E-state index in [-0.39, 0.29) is 5.92 Å². The minimum absolute atomic E-state index is 0.00842. The molecule has 1 atom stereocenters. The molecule has 112 valence electrons. The normalized spacial score (nSPS) is 14.0. The van der Waals surface area contributed by atoms with Gasteiger partial charge in [-0.15, -0.1) is 0 Å². The SMILES string of the molecule is CCCOc1ccc(C(O)(c2cncnc2)C(C)C)cc1. The van der Waals surface area contributed by atoms with Crippen molar-refractivity contribution >= 4 is 0 Å². The quantitative estimate of drug-likeness (QED) is 0.886. The van der Waals surface area contributed by atoms with Crippen molar-refractivity contribution in [2.75, 3.05) is 6.61 Å². The first-order valence-electron chi connectivity index (χ1n) is 7.30. The van der Waals surface area contributed by atoms with E-state index in [1.165, 1.54) is 6.33 Å². The molecule has 2 aromatic rings. The Labute approximate surface area is 125 Å². The second-order valence-electron chi connectivity index (χ2n) is 5.42. The van der Waals surface area contributed by atoms with E-state index in [1.54, 1.807) is 12.4 Å². The lowest BCUT2D eigenvalue weighted by molar-refractivity contribution is 0.0310. The minimum Gasteiger partial charge on any atom is -0.494 e. The van der Waals surface area contributed by atoms with Crippen LogP contribution in [0.1, 0.15) is 38.3 Å². The summed E-state index contributed by atoms with van der Waals surface area (Å²) in [7, 11) is 0. The van der Waals surface area contributed by atoms with Gasteiger partial charge >= 0.3 is 0 Å². The maximum absolute atomic E-state index is 11.2. The van der Waals surface area contributed by atoms with Gasteiger partial charge in [-0.1, -0.05) is 32.9 Å². The van der Waals surface area contributed by atoms with Crippen LogP contribution in [0.4, 0.5) is 0 Å². The summed E-state index contributed by atoms with van der Waals surface area (Å²) in [6, 6.07) is 7.58. The van der Waals surface area contributed by atoms with Gasteiger partial charge in [0.05, 0.1) is 6.61 Å². The molecular weight excluding hydrogens is 264 g/mol. The van der Waals surface area contributed by atoms with E-state index in [0.717, 1.165) is 17.7 Å². The molecule has 0 radical (unpaired) electrons. The zero-order chi connectivity index (χ0) is 15.3. The van der Waals surface area contributed by atoms with Crippen LogP contribution < -0.4 is 4.74 Å². The lowest BCUT2D eigenvalue weighted by Crippen LogP contribution is -2.33. The highest BCUT2D eigenvalue weighted by molar-refractivity contribution is 5.37. The van der Waals surface area contributed by atoms with Gasteiger partial charge in [-0.25, -0.2) is 9.97 Å². The molecule has 4 nitrogen and oxygen atoms in total. The van der Waals surface area contributed by atoms with Crippen LogP contribution in [0.2, 0.25) is 0 Å². The summed E-state index contributed by atoms with van der Waals surface area (Å²) in [5.41, 5.74) is 0.406. The number of aliphatic hydroxyl groups is 1. The Morgan fingerprint density at radius 3 is 2.24 bits per heavy atom. The number of benzene rings is 1. The summed E-state index contributed by atoms with van der Waals surface area (Å²) in [6.07, 6.45) is 5.76. The molecule has 0 fully saturated rings. The van der Waals surface area contributed by atoms with Crippen LogP contribution >= 0.6 is 0 Å². The van der Waals surface area contributed by atoms with Gasteiger partial charge in [-0.05, 0) is 30.0 Å². The number of hydrogen-bond donors (Lipinski definition) is 1. The first-order valence-corrected chi connectivity index (χ1v) is 7.30. The zero-order valence-electron chi connectivity index (χ0n) is 12.8. The summed E-state index contributed by atoms with van der Waals surface area (Å²) in [5.74, 6) is 0.807. The average Bonchev–Trinajstić information content (AvgIpc) is 2.53. The van der Waals surface area contributed by atoms with Crippen molar-refractivity contribution in [2.45, 2.75) is 32.8 Å². The van der Waals surface area contributed by atoms with Gasteiger partial charge in [0.1, 0.15) is 17.7 Å². The second kappa shape index (κ2) is 6.68. The maximum Gasteiger partial charge on any atom is 0.120 e. The molecule has 0 bridgehead atoms. The topological polar surface area (TPSA) is 55.2 Å². The standard InChI is InChI=1S/C17H22N2O2/c1-4-9-21-16-7-5-14(6-8-16)17(20,13(2)3)15-10-18-12-19-11-15/h5-8,10-13,20H,4,9H2,1-3H3. The third-order valence-corrected chi connectivity index (χ3v) is 3.60. The Bertz CT molecular complexity index is 555. The first kappa shape index (κ1) is 15.4. The summed E-state index contributed by atoms with van der Waals surface area (Å²) >= 11 is 0. The van der Waals surface area contributed by atoms with E-state index >= 15 is 0 Å². The van der Waals surface area contributed by atoms with Crippen LogP contribution in [0.25, 0.3) is 0 Å². The molecular formula is C17H22N2O2. The summed E-state index contributed by atoms with van der Waals surface area (Å²) in [4.78, 5) is 8.04. The van der Waals surface area contributed by atoms with Crippen molar-refractivity contribution in [3.63, 3.8) is 0 Å². The lowest BCUT2D eigenvalue weighted by Gasteiger charge is -2.32. The monoisotopic (exact) mass is 286 g/mol. The molecule has 4 heteroatoms. The molecule has 0 aliphatic carbocycles. The minimum atomic E-state index is -1.11. The number of nitrogens with zero attached hydrogens (tertiary/aromatic N) is 2. The molecule has 1 aromatic carbocycles. The largest absolute Gasteiger partial charge is 0.494 e. The Hall–Kier alpha value is -1.94. The second-order valence-corrected chi connectivity index (χ2v) is 5.42. The Morgan fingerprint density at radius 1 is 1.10 bits per heavy atom. The van der Waals surface area contributed by atoms with Crippen LogP contribution in [-0.4, -0.2) is 21.7 Å². The van der Waals surface area contributed by atoms with Crippen molar-refractivity contribution in [1.29, 1.82) is 0 Å². The van der Waals surface area contributed by atoms with Gasteiger partial charge in [0, 0.05) is 18.0 Å². The van der Waals surface area contributed by atoms with Gasteiger partial charge < -0.3 is 9.84 Å². The van der Waals surface area contributed by atoms with E-state index in [1.807, 2.05) is 38.1 Å². The predicted molar refractivity (Wildman–Crippen MR) is 82.1 cm³/mol. The zero-order valence-corrected chi connectivity index (χ0v) is 12.8. The molecule has 0 aliphatic rings. The van der Waals surface area contributed by atoms with Gasteiger partial charge in [-0.3, -0.25) is 0 Å². The summed E-state index contributed by atoms with van der Waals surface area (Å²) < 4.78 is 5.58. The van der Waals surface area contributed by atoms with Crippen molar-refractivity contribution < 1.29 is 9.84 Å².